The number of benzene rings is 2. The summed E-state index contributed by atoms with van der Waals surface area (Å²) in [6.45, 7) is 1.38. The highest BCUT2D eigenvalue weighted by molar-refractivity contribution is 7.17. The molecule has 142 valence electrons. The fraction of sp³-hybridized carbons (Fsp3) is 0.200. The zero-order valence-electron chi connectivity index (χ0n) is 15.0. The van der Waals surface area contributed by atoms with E-state index in [1.807, 2.05) is 30.1 Å². The maximum Gasteiger partial charge on any atom is 0.270 e. The Labute approximate surface area is 164 Å². The van der Waals surface area contributed by atoms with Crippen LogP contribution in [0.25, 0.3) is 10.6 Å². The Balaban J connectivity index is 1.46. The van der Waals surface area contributed by atoms with Crippen molar-refractivity contribution in [1.29, 1.82) is 0 Å². The molecule has 0 aliphatic carbocycles. The molecule has 3 heterocycles. The van der Waals surface area contributed by atoms with Gasteiger partial charge in [-0.05, 0) is 36.4 Å². The summed E-state index contributed by atoms with van der Waals surface area (Å²) in [6, 6.07) is 10.1. The second-order valence-electron chi connectivity index (χ2n) is 6.61. The van der Waals surface area contributed by atoms with Gasteiger partial charge in [0.15, 0.2) is 11.5 Å². The lowest BCUT2D eigenvalue weighted by molar-refractivity contribution is 0.0990. The van der Waals surface area contributed by atoms with E-state index in [2.05, 4.69) is 4.98 Å². The Morgan fingerprint density at radius 1 is 1.11 bits per heavy atom. The van der Waals surface area contributed by atoms with Gasteiger partial charge in [-0.3, -0.25) is 4.79 Å². The van der Waals surface area contributed by atoms with Gasteiger partial charge < -0.3 is 19.3 Å². The van der Waals surface area contributed by atoms with Crippen LogP contribution in [0.4, 0.5) is 15.8 Å². The van der Waals surface area contributed by atoms with Crippen LogP contribution in [0.2, 0.25) is 0 Å². The zero-order valence-corrected chi connectivity index (χ0v) is 15.8. The molecule has 28 heavy (non-hydrogen) atoms. The average Bonchev–Trinajstić information content (AvgIpc) is 3.36. The predicted molar refractivity (Wildman–Crippen MR) is 105 cm³/mol. The van der Waals surface area contributed by atoms with E-state index in [4.69, 9.17) is 9.47 Å². The molecule has 0 bridgehead atoms. The number of halogens is 1. The molecule has 0 radical (unpaired) electrons. The zero-order chi connectivity index (χ0) is 19.3. The number of hydrogen-bond acceptors (Lipinski definition) is 6. The number of likely N-dealkylation sites (N-methyl/N-ethyl adjacent to an activating group) is 1. The molecule has 6 nitrogen and oxygen atoms in total. The Bertz CT molecular complexity index is 1080. The molecule has 0 N–H and O–H groups in total. The van der Waals surface area contributed by atoms with E-state index >= 15 is 0 Å². The van der Waals surface area contributed by atoms with Crippen LogP contribution in [0, 0.1) is 5.82 Å². The van der Waals surface area contributed by atoms with Crippen molar-refractivity contribution >= 4 is 28.6 Å². The van der Waals surface area contributed by atoms with Gasteiger partial charge in [-0.1, -0.05) is 0 Å². The first-order chi connectivity index (χ1) is 13.6. The molecule has 0 spiro atoms. The summed E-state index contributed by atoms with van der Waals surface area (Å²) in [6.07, 6.45) is 1.57. The van der Waals surface area contributed by atoms with Gasteiger partial charge in [0.1, 0.15) is 15.7 Å². The molecule has 0 saturated heterocycles. The lowest BCUT2D eigenvalue weighted by atomic mass is 10.1. The fourth-order valence-corrected chi connectivity index (χ4v) is 4.27. The maximum atomic E-state index is 13.8. The van der Waals surface area contributed by atoms with Crippen LogP contribution in [-0.4, -0.2) is 37.8 Å². The number of thiazole rings is 1. The molecule has 3 aromatic rings. The maximum absolute atomic E-state index is 13.8. The van der Waals surface area contributed by atoms with Gasteiger partial charge in [0.25, 0.3) is 5.91 Å². The van der Waals surface area contributed by atoms with Gasteiger partial charge in [0.05, 0.1) is 17.6 Å². The number of aromatic nitrogens is 1. The number of amides is 1. The normalized spacial score (nSPS) is 14.9. The number of carbonyl (C=O) groups is 1. The number of ether oxygens (including phenoxy) is 2. The molecule has 2 aromatic carbocycles. The lowest BCUT2D eigenvalue weighted by Gasteiger charge is -2.35. The Kier molecular flexibility index (Phi) is 3.94. The van der Waals surface area contributed by atoms with Gasteiger partial charge in [0.2, 0.25) is 6.79 Å². The molecule has 1 aromatic heterocycles. The average molecular weight is 397 g/mol. The third-order valence-electron chi connectivity index (χ3n) is 4.88. The van der Waals surface area contributed by atoms with Crippen LogP contribution < -0.4 is 19.3 Å². The SMILES string of the molecule is CN1CCN(C(=O)c2cnc(-c3ccc4c(c3)OCO4)s2)c2cc(F)ccc21. The van der Waals surface area contributed by atoms with Gasteiger partial charge in [0, 0.05) is 25.7 Å². The number of fused-ring (bicyclic) bond motifs is 2. The number of nitrogens with zero attached hydrogens (tertiary/aromatic N) is 3. The topological polar surface area (TPSA) is 54.9 Å². The summed E-state index contributed by atoms with van der Waals surface area (Å²) in [7, 11) is 1.93. The van der Waals surface area contributed by atoms with Crippen molar-refractivity contribution in [2.75, 3.05) is 36.7 Å². The van der Waals surface area contributed by atoms with E-state index in [0.717, 1.165) is 16.3 Å². The standard InChI is InChI=1S/C20H16FN3O3S/c1-23-6-7-24(15-9-13(21)3-4-14(15)23)20(25)18-10-22-19(28-18)12-2-5-16-17(8-12)27-11-26-16/h2-5,8-10H,6-7,11H2,1H3. The van der Waals surface area contributed by atoms with Crippen molar-refractivity contribution in [3.05, 3.63) is 53.3 Å². The molecular weight excluding hydrogens is 381 g/mol. The highest BCUT2D eigenvalue weighted by Crippen LogP contribution is 2.38. The first-order valence-corrected chi connectivity index (χ1v) is 9.60. The first kappa shape index (κ1) is 17.0. The highest BCUT2D eigenvalue weighted by Gasteiger charge is 2.28. The van der Waals surface area contributed by atoms with E-state index in [-0.39, 0.29) is 18.5 Å². The molecule has 0 atom stereocenters. The van der Waals surface area contributed by atoms with Crippen molar-refractivity contribution < 1.29 is 18.7 Å². The van der Waals surface area contributed by atoms with Crippen LogP contribution in [0.1, 0.15) is 9.67 Å². The van der Waals surface area contributed by atoms with E-state index in [1.165, 1.54) is 23.5 Å². The van der Waals surface area contributed by atoms with Crippen LogP contribution >= 0.6 is 11.3 Å². The number of rotatable bonds is 2. The summed E-state index contributed by atoms with van der Waals surface area (Å²) < 4.78 is 24.5. The van der Waals surface area contributed by atoms with Crippen molar-refractivity contribution in [3.8, 4) is 22.1 Å². The molecule has 0 fully saturated rings. The van der Waals surface area contributed by atoms with E-state index < -0.39 is 0 Å². The molecule has 2 aliphatic heterocycles. The minimum absolute atomic E-state index is 0.176. The van der Waals surface area contributed by atoms with Crippen LogP contribution in [0.5, 0.6) is 11.5 Å². The quantitative estimate of drug-likeness (QED) is 0.659. The largest absolute Gasteiger partial charge is 0.454 e. The molecule has 8 heteroatoms. The first-order valence-electron chi connectivity index (χ1n) is 8.78. The molecule has 1 amide bonds. The molecule has 5 rings (SSSR count). The van der Waals surface area contributed by atoms with Gasteiger partial charge in [-0.2, -0.15) is 0 Å². The summed E-state index contributed by atoms with van der Waals surface area (Å²) in [5.74, 6) is 0.832. The summed E-state index contributed by atoms with van der Waals surface area (Å²) in [4.78, 5) is 21.7. The second-order valence-corrected chi connectivity index (χ2v) is 7.64. The van der Waals surface area contributed by atoms with Crippen LogP contribution in [0.3, 0.4) is 0 Å². The van der Waals surface area contributed by atoms with Gasteiger partial charge in [-0.25, -0.2) is 9.37 Å². The van der Waals surface area contributed by atoms with Crippen LogP contribution in [0.15, 0.2) is 42.6 Å². The Hall–Kier alpha value is -3.13. The molecule has 0 saturated carbocycles. The number of anilines is 2. The lowest BCUT2D eigenvalue weighted by Crippen LogP contribution is -2.42. The minimum Gasteiger partial charge on any atom is -0.454 e. The van der Waals surface area contributed by atoms with Crippen molar-refractivity contribution in [2.24, 2.45) is 0 Å². The number of hydrogen-bond donors (Lipinski definition) is 0. The summed E-state index contributed by atoms with van der Waals surface area (Å²) in [5, 5.41) is 0.718. The predicted octanol–water partition coefficient (Wildman–Crippen LogP) is 3.77. The van der Waals surface area contributed by atoms with Gasteiger partial charge >= 0.3 is 0 Å². The molecular formula is C20H16FN3O3S. The van der Waals surface area contributed by atoms with E-state index in [1.54, 1.807) is 17.2 Å². The smallest absolute Gasteiger partial charge is 0.270 e. The third kappa shape index (κ3) is 2.77. The van der Waals surface area contributed by atoms with Crippen molar-refractivity contribution in [3.63, 3.8) is 0 Å². The molecule has 0 unspecified atom stereocenters. The molecule has 2 aliphatic rings. The summed E-state index contributed by atoms with van der Waals surface area (Å²) in [5.41, 5.74) is 2.27. The van der Waals surface area contributed by atoms with E-state index in [9.17, 15) is 9.18 Å². The second kappa shape index (κ2) is 6.49. The van der Waals surface area contributed by atoms with E-state index in [0.29, 0.717) is 35.2 Å². The Morgan fingerprint density at radius 3 is 2.86 bits per heavy atom. The van der Waals surface area contributed by atoms with Crippen LogP contribution in [-0.2, 0) is 0 Å². The van der Waals surface area contributed by atoms with Crippen molar-refractivity contribution in [2.45, 2.75) is 0 Å². The van der Waals surface area contributed by atoms with Crippen molar-refractivity contribution in [1.82, 2.24) is 4.98 Å². The highest BCUT2D eigenvalue weighted by atomic mass is 32.1. The minimum atomic E-state index is -0.364. The van der Waals surface area contributed by atoms with Gasteiger partial charge in [-0.15, -0.1) is 11.3 Å². The fourth-order valence-electron chi connectivity index (χ4n) is 3.41. The summed E-state index contributed by atoms with van der Waals surface area (Å²) >= 11 is 1.31. The monoisotopic (exact) mass is 397 g/mol. The third-order valence-corrected chi connectivity index (χ3v) is 5.91. The Morgan fingerprint density at radius 2 is 1.96 bits per heavy atom. The number of carbonyl (C=O) groups excluding carboxylic acids is 1.